The minimum Gasteiger partial charge on any atom is -0.325 e. The average molecular weight is 363 g/mol. The summed E-state index contributed by atoms with van der Waals surface area (Å²) in [6, 6.07) is 13.4. The zero-order valence-corrected chi connectivity index (χ0v) is 13.0. The Morgan fingerprint density at radius 1 is 1.10 bits per heavy atom. The van der Waals surface area contributed by atoms with Gasteiger partial charge in [-0.05, 0) is 42.5 Å². The van der Waals surface area contributed by atoms with Crippen molar-refractivity contribution in [3.63, 3.8) is 0 Å². The van der Waals surface area contributed by atoms with Crippen LogP contribution in [0.25, 0.3) is 16.8 Å². The topological polar surface area (TPSA) is 58.0 Å². The third-order valence-corrected chi connectivity index (χ3v) is 3.88. The molecule has 0 unspecified atom stereocenters. The second-order valence-corrected chi connectivity index (χ2v) is 5.94. The zero-order valence-electron chi connectivity index (χ0n) is 10.6. The molecular formula is C14H9BrClN5. The summed E-state index contributed by atoms with van der Waals surface area (Å²) >= 11 is 9.31. The van der Waals surface area contributed by atoms with Crippen LogP contribution < -0.4 is 5.32 Å². The predicted octanol–water partition coefficient (Wildman–Crippen LogP) is 4.37. The summed E-state index contributed by atoms with van der Waals surface area (Å²) in [4.78, 5) is 8.92. The van der Waals surface area contributed by atoms with E-state index in [1.54, 1.807) is 0 Å². The summed E-state index contributed by atoms with van der Waals surface area (Å²) < 4.78 is 2.84. The number of aromatic nitrogens is 4. The van der Waals surface area contributed by atoms with Crippen molar-refractivity contribution in [2.45, 2.75) is 0 Å². The molecule has 2 aromatic heterocycles. The largest absolute Gasteiger partial charge is 0.325 e. The van der Waals surface area contributed by atoms with Crippen LogP contribution in [-0.2, 0) is 0 Å². The number of hydrogen-bond acceptors (Lipinski definition) is 3. The number of H-pyrrole nitrogens is 1. The SMILES string of the molecule is Clc1ccc(Nc2nc3nc4cc(Br)ccc4n3[nH]2)cc1. The van der Waals surface area contributed by atoms with Gasteiger partial charge in [-0.3, -0.25) is 5.10 Å². The Balaban J connectivity index is 1.75. The van der Waals surface area contributed by atoms with Gasteiger partial charge in [-0.1, -0.05) is 27.5 Å². The predicted molar refractivity (Wildman–Crippen MR) is 87.3 cm³/mol. The monoisotopic (exact) mass is 361 g/mol. The molecule has 4 aromatic rings. The Morgan fingerprint density at radius 3 is 2.71 bits per heavy atom. The maximum absolute atomic E-state index is 5.87. The molecule has 0 amide bonds. The molecule has 2 aromatic carbocycles. The molecule has 4 rings (SSSR count). The van der Waals surface area contributed by atoms with Crippen LogP contribution in [0.3, 0.4) is 0 Å². The number of benzene rings is 2. The first-order valence-electron chi connectivity index (χ1n) is 6.25. The van der Waals surface area contributed by atoms with Gasteiger partial charge < -0.3 is 5.32 Å². The fourth-order valence-corrected chi connectivity index (χ4v) is 2.66. The molecule has 0 saturated carbocycles. The van der Waals surface area contributed by atoms with Crippen molar-refractivity contribution in [2.24, 2.45) is 0 Å². The van der Waals surface area contributed by atoms with Crippen LogP contribution in [0.2, 0.25) is 5.02 Å². The van der Waals surface area contributed by atoms with Crippen molar-refractivity contribution < 1.29 is 0 Å². The number of nitrogens with zero attached hydrogens (tertiary/aromatic N) is 3. The van der Waals surface area contributed by atoms with Crippen LogP contribution >= 0.6 is 27.5 Å². The first kappa shape index (κ1) is 12.7. The van der Waals surface area contributed by atoms with E-state index in [0.717, 1.165) is 21.2 Å². The second-order valence-electron chi connectivity index (χ2n) is 4.58. The molecule has 2 N–H and O–H groups in total. The minimum atomic E-state index is 0.625. The Hall–Kier alpha value is -2.05. The smallest absolute Gasteiger partial charge is 0.253 e. The quantitative estimate of drug-likeness (QED) is 0.557. The highest BCUT2D eigenvalue weighted by molar-refractivity contribution is 9.10. The fraction of sp³-hybridized carbons (Fsp3) is 0. The van der Waals surface area contributed by atoms with Crippen molar-refractivity contribution in [1.29, 1.82) is 0 Å². The van der Waals surface area contributed by atoms with Crippen molar-refractivity contribution in [3.05, 3.63) is 52.0 Å². The number of nitrogens with one attached hydrogen (secondary N) is 2. The van der Waals surface area contributed by atoms with E-state index in [0.29, 0.717) is 16.7 Å². The highest BCUT2D eigenvalue weighted by atomic mass is 79.9. The first-order chi connectivity index (χ1) is 10.2. The molecular weight excluding hydrogens is 354 g/mol. The van der Waals surface area contributed by atoms with Crippen molar-refractivity contribution in [2.75, 3.05) is 5.32 Å². The number of rotatable bonds is 2. The van der Waals surface area contributed by atoms with Gasteiger partial charge >= 0.3 is 0 Å². The second kappa shape index (κ2) is 4.75. The van der Waals surface area contributed by atoms with Gasteiger partial charge in [0.15, 0.2) is 0 Å². The fourth-order valence-electron chi connectivity index (χ4n) is 2.18. The molecule has 0 aliphatic carbocycles. The van der Waals surface area contributed by atoms with E-state index in [1.165, 1.54) is 0 Å². The number of hydrogen-bond donors (Lipinski definition) is 2. The number of anilines is 2. The molecule has 0 spiro atoms. The van der Waals surface area contributed by atoms with E-state index in [-0.39, 0.29) is 0 Å². The number of fused-ring (bicyclic) bond motifs is 3. The Labute approximate surface area is 133 Å². The van der Waals surface area contributed by atoms with Gasteiger partial charge in [-0.2, -0.15) is 4.98 Å². The summed E-state index contributed by atoms with van der Waals surface area (Å²) in [6.07, 6.45) is 0. The third kappa shape index (κ3) is 2.26. The molecule has 0 atom stereocenters. The van der Waals surface area contributed by atoms with Crippen molar-refractivity contribution in [3.8, 4) is 0 Å². The lowest BCUT2D eigenvalue weighted by molar-refractivity contribution is 1.01. The Kier molecular flexibility index (Phi) is 2.87. The van der Waals surface area contributed by atoms with Gasteiger partial charge in [0.05, 0.1) is 11.0 Å². The van der Waals surface area contributed by atoms with E-state index in [1.807, 2.05) is 47.0 Å². The molecule has 0 aliphatic heterocycles. The molecule has 104 valence electrons. The number of aromatic amines is 1. The van der Waals surface area contributed by atoms with Gasteiger partial charge in [0.25, 0.3) is 5.78 Å². The summed E-state index contributed by atoms with van der Waals surface area (Å²) in [5.41, 5.74) is 2.77. The standard InChI is InChI=1S/C14H9BrClN5/c15-8-1-6-12-11(7-8)18-14-19-13(20-21(12)14)17-10-4-2-9(16)3-5-10/h1-7H,(H2,17,18,19,20). The molecule has 7 heteroatoms. The zero-order chi connectivity index (χ0) is 14.4. The van der Waals surface area contributed by atoms with Crippen LogP contribution in [0.5, 0.6) is 0 Å². The summed E-state index contributed by atoms with van der Waals surface area (Å²) in [7, 11) is 0. The molecule has 2 heterocycles. The molecule has 0 aliphatic rings. The molecule has 0 bridgehead atoms. The minimum absolute atomic E-state index is 0.625. The van der Waals surface area contributed by atoms with Gasteiger partial charge in [-0.25, -0.2) is 9.50 Å². The van der Waals surface area contributed by atoms with Gasteiger partial charge in [0.2, 0.25) is 5.95 Å². The van der Waals surface area contributed by atoms with E-state index >= 15 is 0 Å². The molecule has 0 saturated heterocycles. The summed E-state index contributed by atoms with van der Waals surface area (Å²) in [5, 5.41) is 7.07. The molecule has 0 fully saturated rings. The normalized spacial score (nSPS) is 11.3. The Bertz CT molecular complexity index is 941. The van der Waals surface area contributed by atoms with E-state index in [4.69, 9.17) is 11.6 Å². The molecule has 5 nitrogen and oxygen atoms in total. The highest BCUT2D eigenvalue weighted by Crippen LogP contribution is 2.22. The maximum Gasteiger partial charge on any atom is 0.253 e. The van der Waals surface area contributed by atoms with Gasteiger partial charge in [0.1, 0.15) is 0 Å². The van der Waals surface area contributed by atoms with Gasteiger partial charge in [0, 0.05) is 15.2 Å². The number of imidazole rings is 1. The van der Waals surface area contributed by atoms with Crippen LogP contribution in [0.4, 0.5) is 11.6 Å². The average Bonchev–Trinajstić information content (AvgIpc) is 2.97. The maximum atomic E-state index is 5.87. The van der Waals surface area contributed by atoms with E-state index < -0.39 is 0 Å². The van der Waals surface area contributed by atoms with Crippen molar-refractivity contribution in [1.82, 2.24) is 19.6 Å². The first-order valence-corrected chi connectivity index (χ1v) is 7.42. The van der Waals surface area contributed by atoms with Crippen LogP contribution in [0.15, 0.2) is 46.9 Å². The Morgan fingerprint density at radius 2 is 1.90 bits per heavy atom. The summed E-state index contributed by atoms with van der Waals surface area (Å²) in [6.45, 7) is 0. The molecule has 21 heavy (non-hydrogen) atoms. The third-order valence-electron chi connectivity index (χ3n) is 3.14. The van der Waals surface area contributed by atoms with Crippen LogP contribution in [0, 0.1) is 0 Å². The van der Waals surface area contributed by atoms with E-state index in [9.17, 15) is 0 Å². The van der Waals surface area contributed by atoms with Gasteiger partial charge in [-0.15, -0.1) is 0 Å². The van der Waals surface area contributed by atoms with E-state index in [2.05, 4.69) is 36.3 Å². The van der Waals surface area contributed by atoms with Crippen molar-refractivity contribution >= 4 is 56.0 Å². The lowest BCUT2D eigenvalue weighted by Gasteiger charge is -2.01. The number of halogens is 2. The summed E-state index contributed by atoms with van der Waals surface area (Å²) in [5.74, 6) is 1.25. The highest BCUT2D eigenvalue weighted by Gasteiger charge is 2.09. The lowest BCUT2D eigenvalue weighted by atomic mass is 10.3. The van der Waals surface area contributed by atoms with Crippen LogP contribution in [0.1, 0.15) is 0 Å². The molecule has 0 radical (unpaired) electrons. The van der Waals surface area contributed by atoms with Crippen LogP contribution in [-0.4, -0.2) is 19.6 Å². The lowest BCUT2D eigenvalue weighted by Crippen LogP contribution is -1.93.